The number of hydrogen-bond acceptors (Lipinski definition) is 4. The van der Waals surface area contributed by atoms with E-state index >= 15 is 0 Å². The summed E-state index contributed by atoms with van der Waals surface area (Å²) in [7, 11) is -3.06. The van der Waals surface area contributed by atoms with Crippen molar-refractivity contribution in [2.24, 2.45) is 0 Å². The van der Waals surface area contributed by atoms with Gasteiger partial charge in [0, 0.05) is 12.6 Å². The maximum Gasteiger partial charge on any atom is 0.317 e. The highest BCUT2D eigenvalue weighted by Crippen LogP contribution is 2.17. The molecule has 23 heavy (non-hydrogen) atoms. The van der Waals surface area contributed by atoms with Crippen LogP contribution in [0.3, 0.4) is 0 Å². The zero-order chi connectivity index (χ0) is 17.0. The van der Waals surface area contributed by atoms with E-state index in [-0.39, 0.29) is 42.4 Å². The van der Waals surface area contributed by atoms with Crippen molar-refractivity contribution in [3.8, 4) is 5.75 Å². The molecule has 0 spiro atoms. The second-order valence-electron chi connectivity index (χ2n) is 5.70. The van der Waals surface area contributed by atoms with E-state index in [2.05, 4.69) is 5.32 Å². The summed E-state index contributed by atoms with van der Waals surface area (Å²) in [4.78, 5) is 13.6. The summed E-state index contributed by atoms with van der Waals surface area (Å²) in [6, 6.07) is 5.36. The SMILES string of the molecule is C[C@@H](CNC(=O)N1CCS(=O)(=O)C[C@@H]1C)Oc1ccccc1F. The Bertz CT molecular complexity index is 665. The second-order valence-corrected chi connectivity index (χ2v) is 7.93. The van der Waals surface area contributed by atoms with Gasteiger partial charge in [0.25, 0.3) is 0 Å². The molecule has 2 atom stereocenters. The summed E-state index contributed by atoms with van der Waals surface area (Å²) >= 11 is 0. The number of rotatable bonds is 4. The van der Waals surface area contributed by atoms with Gasteiger partial charge in [-0.1, -0.05) is 12.1 Å². The molecular formula is C15H21FN2O4S. The van der Waals surface area contributed by atoms with Crippen LogP contribution in [0.25, 0.3) is 0 Å². The third-order valence-corrected chi connectivity index (χ3v) is 5.43. The maximum atomic E-state index is 13.5. The van der Waals surface area contributed by atoms with Crippen molar-refractivity contribution in [3.05, 3.63) is 30.1 Å². The molecule has 1 aromatic carbocycles. The van der Waals surface area contributed by atoms with Crippen LogP contribution in [-0.4, -0.2) is 56.1 Å². The average Bonchev–Trinajstić information content (AvgIpc) is 2.46. The van der Waals surface area contributed by atoms with E-state index in [4.69, 9.17) is 4.74 Å². The van der Waals surface area contributed by atoms with Crippen LogP contribution >= 0.6 is 0 Å². The maximum absolute atomic E-state index is 13.5. The molecule has 6 nitrogen and oxygen atoms in total. The molecule has 2 amide bonds. The van der Waals surface area contributed by atoms with Crippen LogP contribution in [0, 0.1) is 5.82 Å². The zero-order valence-corrected chi connectivity index (χ0v) is 14.0. The Kier molecular flexibility index (Phi) is 5.46. The molecule has 1 fully saturated rings. The number of urea groups is 1. The van der Waals surface area contributed by atoms with Gasteiger partial charge in [-0.25, -0.2) is 17.6 Å². The third-order valence-electron chi connectivity index (χ3n) is 3.64. The predicted molar refractivity (Wildman–Crippen MR) is 84.7 cm³/mol. The largest absolute Gasteiger partial charge is 0.486 e. The number of amides is 2. The van der Waals surface area contributed by atoms with Gasteiger partial charge in [-0.05, 0) is 26.0 Å². The molecule has 1 aliphatic heterocycles. The molecule has 1 aromatic rings. The van der Waals surface area contributed by atoms with Gasteiger partial charge in [-0.3, -0.25) is 0 Å². The number of para-hydroxylation sites is 1. The topological polar surface area (TPSA) is 75.7 Å². The number of carbonyl (C=O) groups excluding carboxylic acids is 1. The minimum atomic E-state index is -3.06. The van der Waals surface area contributed by atoms with Gasteiger partial charge in [0.05, 0.1) is 18.1 Å². The monoisotopic (exact) mass is 344 g/mol. The molecule has 0 unspecified atom stereocenters. The third kappa shape index (κ3) is 4.82. The summed E-state index contributed by atoms with van der Waals surface area (Å²) in [5.41, 5.74) is 0. The molecular weight excluding hydrogens is 323 g/mol. The molecule has 128 valence electrons. The second kappa shape index (κ2) is 7.16. The Morgan fingerprint density at radius 1 is 1.48 bits per heavy atom. The van der Waals surface area contributed by atoms with E-state index in [1.807, 2.05) is 0 Å². The van der Waals surface area contributed by atoms with Gasteiger partial charge in [-0.2, -0.15) is 0 Å². The van der Waals surface area contributed by atoms with Crippen molar-refractivity contribution >= 4 is 15.9 Å². The summed E-state index contributed by atoms with van der Waals surface area (Å²) < 4.78 is 42.0. The minimum absolute atomic E-state index is 0.0218. The Balaban J connectivity index is 1.83. The molecule has 0 aliphatic carbocycles. The number of ether oxygens (including phenoxy) is 1. The van der Waals surface area contributed by atoms with E-state index in [0.29, 0.717) is 0 Å². The smallest absolute Gasteiger partial charge is 0.317 e. The molecule has 1 N–H and O–H groups in total. The highest BCUT2D eigenvalue weighted by molar-refractivity contribution is 7.91. The van der Waals surface area contributed by atoms with Gasteiger partial charge >= 0.3 is 6.03 Å². The summed E-state index contributed by atoms with van der Waals surface area (Å²) in [5.74, 6) is -0.375. The predicted octanol–water partition coefficient (Wildman–Crippen LogP) is 1.42. The molecule has 0 bridgehead atoms. The number of sulfone groups is 1. The lowest BCUT2D eigenvalue weighted by atomic mass is 10.3. The quantitative estimate of drug-likeness (QED) is 0.896. The van der Waals surface area contributed by atoms with Crippen molar-refractivity contribution in [1.82, 2.24) is 10.2 Å². The molecule has 1 saturated heterocycles. The van der Waals surface area contributed by atoms with Crippen molar-refractivity contribution in [1.29, 1.82) is 0 Å². The number of halogens is 1. The first-order chi connectivity index (χ1) is 10.8. The van der Waals surface area contributed by atoms with Crippen molar-refractivity contribution in [2.45, 2.75) is 26.0 Å². The van der Waals surface area contributed by atoms with Gasteiger partial charge < -0.3 is 15.0 Å². The summed E-state index contributed by atoms with van der Waals surface area (Å²) in [6.45, 7) is 3.80. The Hall–Kier alpha value is -1.83. The summed E-state index contributed by atoms with van der Waals surface area (Å²) in [5, 5.41) is 2.69. The van der Waals surface area contributed by atoms with Crippen molar-refractivity contribution < 1.29 is 22.3 Å². The van der Waals surface area contributed by atoms with Crippen LogP contribution < -0.4 is 10.1 Å². The standard InChI is InChI=1S/C15H21FN2O4S/c1-11-10-23(20,21)8-7-18(11)15(19)17-9-12(2)22-14-6-4-3-5-13(14)16/h3-6,11-12H,7-10H2,1-2H3,(H,17,19)/t11-,12-/m0/s1. The van der Waals surface area contributed by atoms with E-state index in [1.54, 1.807) is 26.0 Å². The fourth-order valence-corrected chi connectivity index (χ4v) is 3.99. The first-order valence-corrected chi connectivity index (χ1v) is 9.27. The molecule has 0 saturated carbocycles. The van der Waals surface area contributed by atoms with Crippen LogP contribution in [0.1, 0.15) is 13.8 Å². The highest BCUT2D eigenvalue weighted by atomic mass is 32.2. The number of benzene rings is 1. The molecule has 1 aliphatic rings. The first kappa shape index (κ1) is 17.5. The van der Waals surface area contributed by atoms with Crippen LogP contribution in [0.15, 0.2) is 24.3 Å². The molecule has 2 rings (SSSR count). The van der Waals surface area contributed by atoms with Crippen LogP contribution in [0.5, 0.6) is 5.75 Å². The van der Waals surface area contributed by atoms with Crippen LogP contribution in [0.2, 0.25) is 0 Å². The highest BCUT2D eigenvalue weighted by Gasteiger charge is 2.31. The minimum Gasteiger partial charge on any atom is -0.486 e. The van der Waals surface area contributed by atoms with Crippen LogP contribution in [-0.2, 0) is 9.84 Å². The fraction of sp³-hybridized carbons (Fsp3) is 0.533. The Morgan fingerprint density at radius 3 is 2.83 bits per heavy atom. The van der Waals surface area contributed by atoms with Gasteiger partial charge in [0.1, 0.15) is 6.10 Å². The number of carbonyl (C=O) groups is 1. The lowest BCUT2D eigenvalue weighted by molar-refractivity contribution is 0.171. The Morgan fingerprint density at radius 2 is 2.17 bits per heavy atom. The normalized spacial score (nSPS) is 21.5. The van der Waals surface area contributed by atoms with E-state index in [1.165, 1.54) is 17.0 Å². The van der Waals surface area contributed by atoms with E-state index in [0.717, 1.165) is 0 Å². The summed E-state index contributed by atoms with van der Waals surface area (Å²) in [6.07, 6.45) is -0.417. The number of nitrogens with one attached hydrogen (secondary N) is 1. The zero-order valence-electron chi connectivity index (χ0n) is 13.2. The average molecular weight is 344 g/mol. The van der Waals surface area contributed by atoms with E-state index in [9.17, 15) is 17.6 Å². The molecule has 0 aromatic heterocycles. The fourth-order valence-electron chi connectivity index (χ4n) is 2.43. The first-order valence-electron chi connectivity index (χ1n) is 7.44. The molecule has 8 heteroatoms. The van der Waals surface area contributed by atoms with Gasteiger partial charge in [0.15, 0.2) is 21.4 Å². The number of nitrogens with zero attached hydrogens (tertiary/aromatic N) is 1. The number of hydrogen-bond donors (Lipinski definition) is 1. The lowest BCUT2D eigenvalue weighted by Gasteiger charge is -2.33. The van der Waals surface area contributed by atoms with Crippen molar-refractivity contribution in [2.75, 3.05) is 24.6 Å². The van der Waals surface area contributed by atoms with Gasteiger partial charge in [-0.15, -0.1) is 0 Å². The van der Waals surface area contributed by atoms with E-state index < -0.39 is 21.8 Å². The lowest BCUT2D eigenvalue weighted by Crippen LogP contribution is -2.54. The Labute approximate surface area is 135 Å². The molecule has 0 radical (unpaired) electrons. The van der Waals surface area contributed by atoms with Crippen LogP contribution in [0.4, 0.5) is 9.18 Å². The van der Waals surface area contributed by atoms with Crippen molar-refractivity contribution in [3.63, 3.8) is 0 Å². The van der Waals surface area contributed by atoms with Gasteiger partial charge in [0.2, 0.25) is 0 Å². The molecule has 1 heterocycles.